The highest BCUT2D eigenvalue weighted by Gasteiger charge is 2.22. The van der Waals surface area contributed by atoms with Crippen LogP contribution in [0.4, 0.5) is 0 Å². The smallest absolute Gasteiger partial charge is 0.322 e. The molecule has 0 rings (SSSR count). The van der Waals surface area contributed by atoms with Crippen LogP contribution in [0.5, 0.6) is 0 Å². The highest BCUT2D eigenvalue weighted by atomic mass is 79.9. The van der Waals surface area contributed by atoms with E-state index in [1.165, 1.54) is 0 Å². The molecule has 19 heavy (non-hydrogen) atoms. The van der Waals surface area contributed by atoms with Gasteiger partial charge in [-0.25, -0.2) is 0 Å². The third kappa shape index (κ3) is 7.61. The molecule has 1 atom stereocenters. The number of alkyl halides is 1. The number of hydrogen-bond donors (Lipinski definition) is 3. The van der Waals surface area contributed by atoms with E-state index in [0.717, 1.165) is 0 Å². The van der Waals surface area contributed by atoms with Gasteiger partial charge in [-0.15, -0.1) is 0 Å². The summed E-state index contributed by atoms with van der Waals surface area (Å²) in [5.41, 5.74) is 0.305. The average Bonchev–Trinajstić information content (AvgIpc) is 2.33. The van der Waals surface area contributed by atoms with Crippen molar-refractivity contribution >= 4 is 33.7 Å². The largest absolute Gasteiger partial charge is 0.480 e. The number of hydrogen-bond acceptors (Lipinski definition) is 3. The van der Waals surface area contributed by atoms with Crippen LogP contribution in [0, 0.1) is 5.92 Å². The van der Waals surface area contributed by atoms with E-state index in [1.54, 1.807) is 0 Å². The number of amides is 2. The summed E-state index contributed by atoms with van der Waals surface area (Å²) in [7, 11) is 0. The Balaban J connectivity index is 4.61. The highest BCUT2D eigenvalue weighted by molar-refractivity contribution is 9.09. The summed E-state index contributed by atoms with van der Waals surface area (Å²) < 4.78 is 0. The van der Waals surface area contributed by atoms with E-state index in [1.807, 2.05) is 13.8 Å². The van der Waals surface area contributed by atoms with E-state index < -0.39 is 30.4 Å². The second kappa shape index (κ2) is 8.68. The maximum absolute atomic E-state index is 11.8. The summed E-state index contributed by atoms with van der Waals surface area (Å²) in [6.07, 6.45) is 0.423. The SMILES string of the molecule is C=C(CBr)C(=O)NC(CC(C)C)C(=O)NCC(=O)O. The number of carbonyl (C=O) groups is 3. The third-order valence-electron chi connectivity index (χ3n) is 2.23. The molecular weight excluding hydrogens is 316 g/mol. The van der Waals surface area contributed by atoms with E-state index in [-0.39, 0.29) is 5.92 Å². The topological polar surface area (TPSA) is 95.5 Å². The van der Waals surface area contributed by atoms with Gasteiger partial charge < -0.3 is 15.7 Å². The zero-order valence-electron chi connectivity index (χ0n) is 11.0. The molecule has 1 unspecified atom stereocenters. The zero-order chi connectivity index (χ0) is 15.0. The van der Waals surface area contributed by atoms with Crippen molar-refractivity contribution in [2.24, 2.45) is 5.92 Å². The fourth-order valence-corrected chi connectivity index (χ4v) is 1.56. The van der Waals surface area contributed by atoms with E-state index >= 15 is 0 Å². The minimum absolute atomic E-state index is 0.179. The zero-order valence-corrected chi connectivity index (χ0v) is 12.6. The molecule has 0 aliphatic heterocycles. The van der Waals surface area contributed by atoms with Crippen molar-refractivity contribution in [3.63, 3.8) is 0 Å². The Morgan fingerprint density at radius 2 is 1.89 bits per heavy atom. The van der Waals surface area contributed by atoms with Crippen molar-refractivity contribution in [3.8, 4) is 0 Å². The van der Waals surface area contributed by atoms with Crippen LogP contribution in [-0.4, -0.2) is 40.8 Å². The molecule has 0 heterocycles. The average molecular weight is 335 g/mol. The Morgan fingerprint density at radius 3 is 2.32 bits per heavy atom. The normalized spacial score (nSPS) is 11.8. The molecule has 6 nitrogen and oxygen atoms in total. The molecule has 108 valence electrons. The van der Waals surface area contributed by atoms with Crippen LogP contribution >= 0.6 is 15.9 Å². The van der Waals surface area contributed by atoms with Gasteiger partial charge in [0.05, 0.1) is 0 Å². The second-order valence-electron chi connectivity index (χ2n) is 4.50. The molecule has 0 aliphatic carbocycles. The summed E-state index contributed by atoms with van der Waals surface area (Å²) in [6.45, 7) is 6.90. The van der Waals surface area contributed by atoms with E-state index in [9.17, 15) is 14.4 Å². The maximum Gasteiger partial charge on any atom is 0.322 e. The summed E-state index contributed by atoms with van der Waals surface area (Å²) in [4.78, 5) is 33.9. The first-order valence-electron chi connectivity index (χ1n) is 5.82. The molecule has 7 heteroatoms. The molecule has 3 N–H and O–H groups in total. The summed E-state index contributed by atoms with van der Waals surface area (Å²) in [6, 6.07) is -0.761. The summed E-state index contributed by atoms with van der Waals surface area (Å²) in [5, 5.41) is 13.6. The third-order valence-corrected chi connectivity index (χ3v) is 2.90. The predicted octanol–water partition coefficient (Wildman–Crippen LogP) is 0.669. The molecule has 0 saturated heterocycles. The predicted molar refractivity (Wildman–Crippen MR) is 75.0 cm³/mol. The lowest BCUT2D eigenvalue weighted by Gasteiger charge is -2.20. The quantitative estimate of drug-likeness (QED) is 0.449. The van der Waals surface area contributed by atoms with E-state index in [0.29, 0.717) is 17.3 Å². The van der Waals surface area contributed by atoms with Crippen molar-refractivity contribution in [1.29, 1.82) is 0 Å². The van der Waals surface area contributed by atoms with Crippen LogP contribution in [0.25, 0.3) is 0 Å². The number of carboxylic acids is 1. The first-order chi connectivity index (χ1) is 8.77. The Bertz CT molecular complexity index is 369. The summed E-state index contributed by atoms with van der Waals surface area (Å²) in [5.74, 6) is -1.88. The second-order valence-corrected chi connectivity index (χ2v) is 5.07. The van der Waals surface area contributed by atoms with Gasteiger partial charge in [-0.1, -0.05) is 36.4 Å². The van der Waals surface area contributed by atoms with Crippen LogP contribution in [0.1, 0.15) is 20.3 Å². The monoisotopic (exact) mass is 334 g/mol. The first kappa shape index (κ1) is 17.6. The van der Waals surface area contributed by atoms with Crippen molar-refractivity contribution in [2.45, 2.75) is 26.3 Å². The standard InChI is InChI=1S/C12H19BrN2O4/c1-7(2)4-9(12(19)14-6-10(16)17)15-11(18)8(3)5-13/h7,9H,3-6H2,1-2H3,(H,14,19)(H,15,18)(H,16,17). The van der Waals surface area contributed by atoms with Gasteiger partial charge in [0, 0.05) is 10.9 Å². The first-order valence-corrected chi connectivity index (χ1v) is 6.94. The van der Waals surface area contributed by atoms with Gasteiger partial charge in [0.25, 0.3) is 0 Å². The number of carbonyl (C=O) groups excluding carboxylic acids is 2. The Hall–Kier alpha value is -1.37. The van der Waals surface area contributed by atoms with Crippen molar-refractivity contribution in [3.05, 3.63) is 12.2 Å². The molecule has 0 spiro atoms. The molecule has 2 amide bonds. The van der Waals surface area contributed by atoms with E-state index in [4.69, 9.17) is 5.11 Å². The van der Waals surface area contributed by atoms with Crippen molar-refractivity contribution in [2.75, 3.05) is 11.9 Å². The molecule has 0 radical (unpaired) electrons. The molecule has 0 saturated carbocycles. The molecule has 0 aromatic carbocycles. The minimum Gasteiger partial charge on any atom is -0.480 e. The Kier molecular flexibility index (Phi) is 8.06. The molecular formula is C12H19BrN2O4. The number of rotatable bonds is 8. The molecule has 0 aromatic heterocycles. The van der Waals surface area contributed by atoms with Gasteiger partial charge >= 0.3 is 5.97 Å². The number of nitrogens with one attached hydrogen (secondary N) is 2. The fourth-order valence-electron chi connectivity index (χ4n) is 1.31. The van der Waals surface area contributed by atoms with Gasteiger partial charge in [-0.05, 0) is 12.3 Å². The van der Waals surface area contributed by atoms with Gasteiger partial charge in [0.15, 0.2) is 0 Å². The Morgan fingerprint density at radius 1 is 1.32 bits per heavy atom. The highest BCUT2D eigenvalue weighted by Crippen LogP contribution is 2.06. The van der Waals surface area contributed by atoms with E-state index in [2.05, 4.69) is 33.1 Å². The van der Waals surface area contributed by atoms with Crippen LogP contribution in [0.3, 0.4) is 0 Å². The van der Waals surface area contributed by atoms with Gasteiger partial charge in [-0.3, -0.25) is 14.4 Å². The molecule has 0 aromatic rings. The lowest BCUT2D eigenvalue weighted by atomic mass is 10.0. The van der Waals surface area contributed by atoms with Crippen LogP contribution < -0.4 is 10.6 Å². The van der Waals surface area contributed by atoms with Crippen LogP contribution in [0.2, 0.25) is 0 Å². The van der Waals surface area contributed by atoms with Gasteiger partial charge in [0.2, 0.25) is 11.8 Å². The Labute approximate surface area is 120 Å². The molecule has 0 fully saturated rings. The van der Waals surface area contributed by atoms with Gasteiger partial charge in [0.1, 0.15) is 12.6 Å². The lowest BCUT2D eigenvalue weighted by Crippen LogP contribution is -2.48. The number of halogens is 1. The number of aliphatic carboxylic acids is 1. The maximum atomic E-state index is 11.8. The molecule has 0 bridgehead atoms. The van der Waals surface area contributed by atoms with Crippen LogP contribution in [-0.2, 0) is 14.4 Å². The van der Waals surface area contributed by atoms with Crippen molar-refractivity contribution in [1.82, 2.24) is 10.6 Å². The van der Waals surface area contributed by atoms with Crippen LogP contribution in [0.15, 0.2) is 12.2 Å². The molecule has 0 aliphatic rings. The lowest BCUT2D eigenvalue weighted by molar-refractivity contribution is -0.138. The van der Waals surface area contributed by atoms with Crippen molar-refractivity contribution < 1.29 is 19.5 Å². The van der Waals surface area contributed by atoms with Gasteiger partial charge in [-0.2, -0.15) is 0 Å². The number of carboxylic acid groups (broad SMARTS) is 1. The fraction of sp³-hybridized carbons (Fsp3) is 0.583. The summed E-state index contributed by atoms with van der Waals surface area (Å²) >= 11 is 3.10. The minimum atomic E-state index is -1.13.